The van der Waals surface area contributed by atoms with Gasteiger partial charge in [0.15, 0.2) is 5.82 Å². The lowest BCUT2D eigenvalue weighted by Gasteiger charge is -2.29. The van der Waals surface area contributed by atoms with E-state index < -0.39 is 0 Å². The minimum atomic E-state index is -0.259. The number of rotatable bonds is 2. The zero-order chi connectivity index (χ0) is 14.4. The van der Waals surface area contributed by atoms with Gasteiger partial charge in [-0.1, -0.05) is 18.6 Å². The SMILES string of the molecule is O=C1CC(c2ccc(F)cc2)c2c(n[nH]c2C2CCC2)N1. The summed E-state index contributed by atoms with van der Waals surface area (Å²) in [4.78, 5) is 11.9. The molecule has 4 rings (SSSR count). The fraction of sp³-hybridized carbons (Fsp3) is 0.375. The second-order valence-corrected chi connectivity index (χ2v) is 5.88. The highest BCUT2D eigenvalue weighted by Gasteiger charge is 2.35. The van der Waals surface area contributed by atoms with Crippen molar-refractivity contribution in [1.29, 1.82) is 0 Å². The van der Waals surface area contributed by atoms with E-state index in [9.17, 15) is 9.18 Å². The molecule has 1 aromatic heterocycles. The Labute approximate surface area is 121 Å². The average Bonchev–Trinajstić information content (AvgIpc) is 2.80. The van der Waals surface area contributed by atoms with Crippen molar-refractivity contribution in [3.05, 3.63) is 46.9 Å². The molecule has 1 fully saturated rings. The minimum absolute atomic E-state index is 0.0382. The third kappa shape index (κ3) is 2.04. The van der Waals surface area contributed by atoms with Gasteiger partial charge in [-0.05, 0) is 30.5 Å². The Balaban J connectivity index is 1.80. The fourth-order valence-electron chi connectivity index (χ4n) is 3.27. The van der Waals surface area contributed by atoms with E-state index in [1.807, 2.05) is 0 Å². The molecule has 2 aromatic rings. The van der Waals surface area contributed by atoms with Gasteiger partial charge in [0, 0.05) is 29.5 Å². The van der Waals surface area contributed by atoms with Gasteiger partial charge in [0.05, 0.1) is 0 Å². The lowest BCUT2D eigenvalue weighted by Crippen LogP contribution is -2.24. The van der Waals surface area contributed by atoms with Crippen molar-refractivity contribution < 1.29 is 9.18 Å². The number of aromatic nitrogens is 2. The molecule has 4 nitrogen and oxygen atoms in total. The lowest BCUT2D eigenvalue weighted by molar-refractivity contribution is -0.116. The van der Waals surface area contributed by atoms with Crippen LogP contribution in [0.25, 0.3) is 0 Å². The molecule has 108 valence electrons. The number of aromatic amines is 1. The molecule has 2 aliphatic rings. The van der Waals surface area contributed by atoms with Crippen LogP contribution in [-0.2, 0) is 4.79 Å². The molecule has 0 spiro atoms. The molecule has 5 heteroatoms. The summed E-state index contributed by atoms with van der Waals surface area (Å²) in [5.74, 6) is 0.819. The maximum absolute atomic E-state index is 13.1. The largest absolute Gasteiger partial charge is 0.309 e. The molecule has 1 aliphatic heterocycles. The van der Waals surface area contributed by atoms with E-state index in [4.69, 9.17) is 0 Å². The summed E-state index contributed by atoms with van der Waals surface area (Å²) in [5.41, 5.74) is 3.20. The topological polar surface area (TPSA) is 57.8 Å². The van der Waals surface area contributed by atoms with E-state index in [0.29, 0.717) is 18.2 Å². The summed E-state index contributed by atoms with van der Waals surface area (Å²) in [5, 5.41) is 10.2. The summed E-state index contributed by atoms with van der Waals surface area (Å²) in [6.07, 6.45) is 3.96. The van der Waals surface area contributed by atoms with Crippen LogP contribution in [-0.4, -0.2) is 16.1 Å². The molecule has 2 heterocycles. The van der Waals surface area contributed by atoms with E-state index >= 15 is 0 Å². The van der Waals surface area contributed by atoms with Crippen LogP contribution in [0.2, 0.25) is 0 Å². The number of hydrogen-bond donors (Lipinski definition) is 2. The number of anilines is 1. The highest BCUT2D eigenvalue weighted by Crippen LogP contribution is 2.45. The van der Waals surface area contributed by atoms with Crippen molar-refractivity contribution in [3.8, 4) is 0 Å². The van der Waals surface area contributed by atoms with Crippen LogP contribution in [0.3, 0.4) is 0 Å². The first-order valence-electron chi connectivity index (χ1n) is 7.36. The van der Waals surface area contributed by atoms with Crippen LogP contribution < -0.4 is 5.32 Å². The monoisotopic (exact) mass is 285 g/mol. The number of fused-ring (bicyclic) bond motifs is 1. The average molecular weight is 285 g/mol. The number of nitrogens with zero attached hydrogens (tertiary/aromatic N) is 1. The van der Waals surface area contributed by atoms with Crippen LogP contribution in [0.4, 0.5) is 10.2 Å². The predicted octanol–water partition coefficient (Wildman–Crippen LogP) is 3.29. The first-order valence-corrected chi connectivity index (χ1v) is 7.36. The summed E-state index contributed by atoms with van der Waals surface area (Å²) in [6, 6.07) is 6.43. The highest BCUT2D eigenvalue weighted by atomic mass is 19.1. The molecule has 0 saturated heterocycles. The van der Waals surface area contributed by atoms with Gasteiger partial charge >= 0.3 is 0 Å². The lowest BCUT2D eigenvalue weighted by atomic mass is 9.77. The molecule has 2 N–H and O–H groups in total. The number of carbonyl (C=O) groups excluding carboxylic acids is 1. The van der Waals surface area contributed by atoms with Crippen molar-refractivity contribution in [2.75, 3.05) is 5.32 Å². The van der Waals surface area contributed by atoms with E-state index in [-0.39, 0.29) is 17.6 Å². The zero-order valence-corrected chi connectivity index (χ0v) is 11.5. The second-order valence-electron chi connectivity index (χ2n) is 5.88. The van der Waals surface area contributed by atoms with Crippen LogP contribution in [0, 0.1) is 5.82 Å². The van der Waals surface area contributed by atoms with Gasteiger partial charge < -0.3 is 5.32 Å². The summed E-state index contributed by atoms with van der Waals surface area (Å²) >= 11 is 0. The summed E-state index contributed by atoms with van der Waals surface area (Å²) in [6.45, 7) is 0. The standard InChI is InChI=1S/C16H16FN3O/c17-11-6-4-9(5-7-11)12-8-13(21)18-16-14(12)15(19-20-16)10-2-1-3-10/h4-7,10,12H,1-3,8H2,(H2,18,19,20,21). The van der Waals surface area contributed by atoms with Gasteiger partial charge in [-0.2, -0.15) is 5.10 Å². The van der Waals surface area contributed by atoms with Crippen molar-refractivity contribution in [2.24, 2.45) is 0 Å². The van der Waals surface area contributed by atoms with E-state index in [0.717, 1.165) is 16.8 Å². The third-order valence-corrected chi connectivity index (χ3v) is 4.62. The molecule has 1 saturated carbocycles. The van der Waals surface area contributed by atoms with Gasteiger partial charge in [-0.25, -0.2) is 4.39 Å². The quantitative estimate of drug-likeness (QED) is 0.889. The van der Waals surface area contributed by atoms with E-state index in [1.54, 1.807) is 12.1 Å². The smallest absolute Gasteiger partial charge is 0.226 e. The molecular formula is C16H16FN3O. The maximum Gasteiger partial charge on any atom is 0.226 e. The third-order valence-electron chi connectivity index (χ3n) is 4.62. The molecule has 0 radical (unpaired) electrons. The first kappa shape index (κ1) is 12.6. The number of hydrogen-bond acceptors (Lipinski definition) is 2. The summed E-state index contributed by atoms with van der Waals surface area (Å²) < 4.78 is 13.1. The number of benzene rings is 1. The number of amides is 1. The molecule has 1 aliphatic carbocycles. The zero-order valence-electron chi connectivity index (χ0n) is 11.5. The maximum atomic E-state index is 13.1. The Bertz CT molecular complexity index is 688. The Hall–Kier alpha value is -2.17. The fourth-order valence-corrected chi connectivity index (χ4v) is 3.27. The van der Waals surface area contributed by atoms with Crippen LogP contribution in [0.5, 0.6) is 0 Å². The van der Waals surface area contributed by atoms with Crippen molar-refractivity contribution in [1.82, 2.24) is 10.2 Å². The van der Waals surface area contributed by atoms with Gasteiger partial charge in [-0.3, -0.25) is 9.89 Å². The molecule has 1 aromatic carbocycles. The van der Waals surface area contributed by atoms with Crippen molar-refractivity contribution in [2.45, 2.75) is 37.5 Å². The number of nitrogens with one attached hydrogen (secondary N) is 2. The van der Waals surface area contributed by atoms with Gasteiger partial charge in [0.25, 0.3) is 0 Å². The number of halogens is 1. The van der Waals surface area contributed by atoms with Crippen molar-refractivity contribution in [3.63, 3.8) is 0 Å². The molecule has 1 amide bonds. The van der Waals surface area contributed by atoms with Gasteiger partial charge in [0.1, 0.15) is 5.82 Å². The van der Waals surface area contributed by atoms with E-state index in [2.05, 4.69) is 15.5 Å². The molecular weight excluding hydrogens is 269 g/mol. The normalized spacial score (nSPS) is 21.6. The number of H-pyrrole nitrogens is 1. The molecule has 21 heavy (non-hydrogen) atoms. The molecule has 1 unspecified atom stereocenters. The Kier molecular flexibility index (Phi) is 2.80. The van der Waals surface area contributed by atoms with Gasteiger partial charge in [0.2, 0.25) is 5.91 Å². The van der Waals surface area contributed by atoms with Crippen molar-refractivity contribution >= 4 is 11.7 Å². The van der Waals surface area contributed by atoms with Crippen LogP contribution >= 0.6 is 0 Å². The van der Waals surface area contributed by atoms with E-state index in [1.165, 1.54) is 31.4 Å². The van der Waals surface area contributed by atoms with Crippen LogP contribution in [0.15, 0.2) is 24.3 Å². The second kappa shape index (κ2) is 4.69. The molecule has 0 bridgehead atoms. The molecule has 1 atom stereocenters. The predicted molar refractivity (Wildman–Crippen MR) is 76.7 cm³/mol. The Morgan fingerprint density at radius 2 is 1.95 bits per heavy atom. The Morgan fingerprint density at radius 3 is 2.62 bits per heavy atom. The number of carbonyl (C=O) groups is 1. The summed E-state index contributed by atoms with van der Waals surface area (Å²) in [7, 11) is 0. The highest BCUT2D eigenvalue weighted by molar-refractivity contribution is 5.94. The minimum Gasteiger partial charge on any atom is -0.309 e. The van der Waals surface area contributed by atoms with Gasteiger partial charge in [-0.15, -0.1) is 0 Å². The van der Waals surface area contributed by atoms with Crippen LogP contribution in [0.1, 0.15) is 54.3 Å². The Morgan fingerprint density at radius 1 is 1.19 bits per heavy atom. The first-order chi connectivity index (χ1) is 10.2.